The van der Waals surface area contributed by atoms with E-state index in [1.807, 2.05) is 0 Å². The van der Waals surface area contributed by atoms with Crippen LogP contribution in [0.1, 0.15) is 17.5 Å². The number of aryl methyl sites for hydroxylation is 3. The third kappa shape index (κ3) is 5.43. The van der Waals surface area contributed by atoms with E-state index < -0.39 is 0 Å². The molecule has 0 unspecified atom stereocenters. The van der Waals surface area contributed by atoms with E-state index in [2.05, 4.69) is 58.8 Å². The predicted molar refractivity (Wildman–Crippen MR) is 129 cm³/mol. The molecule has 0 radical (unpaired) electrons. The van der Waals surface area contributed by atoms with Crippen molar-refractivity contribution in [3.05, 3.63) is 23.5 Å². The highest BCUT2D eigenvalue weighted by molar-refractivity contribution is 7.09. The van der Waals surface area contributed by atoms with Crippen molar-refractivity contribution in [3.63, 3.8) is 0 Å². The van der Waals surface area contributed by atoms with Crippen molar-refractivity contribution >= 4 is 72.7 Å². The number of phenols is 1. The summed E-state index contributed by atoms with van der Waals surface area (Å²) in [6.07, 6.45) is 0. The average Bonchev–Trinajstić information content (AvgIpc) is 3.52. The van der Waals surface area contributed by atoms with E-state index in [9.17, 15) is 5.11 Å². The minimum Gasteiger partial charge on any atom is -0.504 e. The van der Waals surface area contributed by atoms with E-state index in [0.29, 0.717) is 44.2 Å². The van der Waals surface area contributed by atoms with Crippen LogP contribution in [0.5, 0.6) is 5.75 Å². The molecule has 0 amide bonds. The molecule has 0 atom stereocenters. The smallest absolute Gasteiger partial charge is 0.249 e. The van der Waals surface area contributed by atoms with Gasteiger partial charge in [0.1, 0.15) is 28.8 Å². The minimum atomic E-state index is -0.246. The summed E-state index contributed by atoms with van der Waals surface area (Å²) in [5.41, 5.74) is 1.03. The molecule has 34 heavy (non-hydrogen) atoms. The first-order valence-electron chi connectivity index (χ1n) is 9.53. The molecule has 0 saturated carbocycles. The van der Waals surface area contributed by atoms with E-state index in [-0.39, 0.29) is 17.1 Å². The maximum absolute atomic E-state index is 11.0. The van der Waals surface area contributed by atoms with Crippen LogP contribution >= 0.6 is 34.6 Å². The molecule has 0 aliphatic carbocycles. The Morgan fingerprint density at radius 2 is 1.12 bits per heavy atom. The Balaban J connectivity index is 1.84. The summed E-state index contributed by atoms with van der Waals surface area (Å²) in [7, 11) is 3.56. The van der Waals surface area contributed by atoms with Crippen LogP contribution in [0.25, 0.3) is 0 Å². The van der Waals surface area contributed by atoms with Crippen molar-refractivity contribution in [2.75, 3.05) is 19.0 Å². The zero-order chi connectivity index (χ0) is 24.2. The molecule has 0 spiro atoms. The number of rotatable bonds is 7. The van der Waals surface area contributed by atoms with Gasteiger partial charge in [0.15, 0.2) is 11.4 Å². The Morgan fingerprint density at radius 3 is 1.53 bits per heavy atom. The van der Waals surface area contributed by atoms with Gasteiger partial charge in [-0.2, -0.15) is 13.1 Å². The summed E-state index contributed by atoms with van der Waals surface area (Å²) in [6.45, 7) is 5.27. The Morgan fingerprint density at radius 1 is 0.676 bits per heavy atom. The monoisotopic (exact) mass is 515 g/mol. The van der Waals surface area contributed by atoms with Crippen molar-refractivity contribution in [1.29, 1.82) is 0 Å². The summed E-state index contributed by atoms with van der Waals surface area (Å²) >= 11 is 3.29. The molecule has 4 aromatic rings. The highest BCUT2D eigenvalue weighted by Crippen LogP contribution is 2.50. The van der Waals surface area contributed by atoms with E-state index in [4.69, 9.17) is 0 Å². The first-order chi connectivity index (χ1) is 16.3. The van der Waals surface area contributed by atoms with Gasteiger partial charge in [-0.05, 0) is 26.8 Å². The number of hydrogen-bond donors (Lipinski definition) is 1. The lowest BCUT2D eigenvalue weighted by atomic mass is 10.1. The third-order valence-corrected chi connectivity index (χ3v) is 6.00. The van der Waals surface area contributed by atoms with Crippen molar-refractivity contribution in [2.24, 2.45) is 30.7 Å². The van der Waals surface area contributed by atoms with Crippen LogP contribution in [0.15, 0.2) is 36.8 Å². The van der Waals surface area contributed by atoms with Crippen LogP contribution in [0.2, 0.25) is 0 Å². The van der Waals surface area contributed by atoms with Crippen molar-refractivity contribution in [1.82, 2.24) is 28.1 Å². The molecule has 1 aromatic carbocycles. The fourth-order valence-electron chi connectivity index (χ4n) is 2.58. The molecule has 4 rings (SSSR count). The Labute approximate surface area is 205 Å². The van der Waals surface area contributed by atoms with Crippen molar-refractivity contribution in [3.8, 4) is 5.75 Å². The highest BCUT2D eigenvalue weighted by Gasteiger charge is 2.21. The number of anilines is 1. The molecule has 0 aliphatic rings. The molecule has 0 bridgehead atoms. The molecule has 0 saturated heterocycles. The van der Waals surface area contributed by atoms with Gasteiger partial charge >= 0.3 is 0 Å². The van der Waals surface area contributed by atoms with E-state index in [0.717, 1.165) is 34.6 Å². The molecular formula is C17H17N13OS3. The minimum absolute atomic E-state index is 0.100. The normalized spacial score (nSPS) is 12.0. The number of azo groups is 3. The lowest BCUT2D eigenvalue weighted by Gasteiger charge is -2.18. The number of aromatic nitrogens is 6. The number of phenolic OH excluding ortho intramolecular Hbond substituents is 1. The van der Waals surface area contributed by atoms with Gasteiger partial charge in [-0.3, -0.25) is 0 Å². The molecule has 17 heteroatoms. The lowest BCUT2D eigenvalue weighted by Crippen LogP contribution is -2.09. The van der Waals surface area contributed by atoms with Crippen LogP contribution in [-0.4, -0.2) is 47.3 Å². The van der Waals surface area contributed by atoms with Crippen LogP contribution in [0.4, 0.5) is 38.1 Å². The molecule has 3 heterocycles. The molecular weight excluding hydrogens is 498 g/mol. The molecule has 174 valence electrons. The van der Waals surface area contributed by atoms with Gasteiger partial charge in [-0.1, -0.05) is 0 Å². The Hall–Kier alpha value is -3.70. The van der Waals surface area contributed by atoms with Crippen LogP contribution in [0, 0.1) is 20.8 Å². The van der Waals surface area contributed by atoms with Gasteiger partial charge in [-0.25, -0.2) is 15.0 Å². The summed E-state index contributed by atoms with van der Waals surface area (Å²) in [5, 5.41) is 37.1. The first kappa shape index (κ1) is 23.5. The van der Waals surface area contributed by atoms with Crippen LogP contribution in [-0.2, 0) is 0 Å². The second kappa shape index (κ2) is 10.1. The predicted octanol–water partition coefficient (Wildman–Crippen LogP) is 6.18. The number of nitrogens with zero attached hydrogens (tertiary/aromatic N) is 13. The van der Waals surface area contributed by atoms with E-state index in [1.165, 1.54) is 6.07 Å². The average molecular weight is 516 g/mol. The number of aromatic hydroxyl groups is 1. The molecule has 1 N–H and O–H groups in total. The topological polar surface area (TPSA) is 175 Å². The van der Waals surface area contributed by atoms with Gasteiger partial charge in [0.25, 0.3) is 0 Å². The molecule has 0 aliphatic heterocycles. The van der Waals surface area contributed by atoms with E-state index >= 15 is 0 Å². The second-order valence-corrected chi connectivity index (χ2v) is 9.02. The van der Waals surface area contributed by atoms with Gasteiger partial charge < -0.3 is 10.0 Å². The van der Waals surface area contributed by atoms with Gasteiger partial charge in [0.2, 0.25) is 15.4 Å². The SMILES string of the molecule is Cc1nsc(/N=N/c2cc(/N=N/c3nc(C)ns3)c(N(C)C)c(/N=N/c3nc(C)ns3)c2O)n1. The second-order valence-electron chi connectivity index (χ2n) is 6.83. The Bertz CT molecular complexity index is 1400. The lowest BCUT2D eigenvalue weighted by molar-refractivity contribution is 0.477. The third-order valence-electron chi connectivity index (χ3n) is 3.93. The summed E-state index contributed by atoms with van der Waals surface area (Å²) in [4.78, 5) is 14.2. The fraction of sp³-hybridized carbons (Fsp3) is 0.294. The highest BCUT2D eigenvalue weighted by atomic mass is 32.1. The largest absolute Gasteiger partial charge is 0.504 e. The molecule has 3 aromatic heterocycles. The van der Waals surface area contributed by atoms with E-state index in [1.54, 1.807) is 39.8 Å². The van der Waals surface area contributed by atoms with Crippen LogP contribution in [0.3, 0.4) is 0 Å². The Kier molecular flexibility index (Phi) is 6.94. The first-order valence-corrected chi connectivity index (χ1v) is 11.9. The van der Waals surface area contributed by atoms with Crippen molar-refractivity contribution in [2.45, 2.75) is 20.8 Å². The standard InChI is InChI=1S/C17H17N13OS3/c1-7-18-15(32-27-7)24-21-10-6-11(22-25-16-19-8(2)28-33-16)14(31)12(13(10)30(4)5)23-26-17-20-9(3)29-34-17/h6,31H,1-5H3/b24-21+,25-22+,26-23+. The fourth-order valence-corrected chi connectivity index (χ4v) is 4.09. The van der Waals surface area contributed by atoms with Gasteiger partial charge in [-0.15, -0.1) is 30.7 Å². The number of benzene rings is 1. The molecule has 14 nitrogen and oxygen atoms in total. The maximum atomic E-state index is 11.0. The summed E-state index contributed by atoms with van der Waals surface area (Å²) < 4.78 is 12.3. The zero-order valence-electron chi connectivity index (χ0n) is 18.6. The van der Waals surface area contributed by atoms with Gasteiger partial charge in [0, 0.05) is 48.7 Å². The van der Waals surface area contributed by atoms with Gasteiger partial charge in [0.05, 0.1) is 5.69 Å². The van der Waals surface area contributed by atoms with Crippen molar-refractivity contribution < 1.29 is 5.11 Å². The zero-order valence-corrected chi connectivity index (χ0v) is 21.0. The van der Waals surface area contributed by atoms with Crippen LogP contribution < -0.4 is 4.90 Å². The summed E-state index contributed by atoms with van der Waals surface area (Å²) in [5.74, 6) is 1.51. The molecule has 0 fully saturated rings. The maximum Gasteiger partial charge on any atom is 0.249 e. The summed E-state index contributed by atoms with van der Waals surface area (Å²) in [6, 6.07) is 1.54. The number of hydrogen-bond acceptors (Lipinski definition) is 17. The quantitative estimate of drug-likeness (QED) is 0.283.